The van der Waals surface area contributed by atoms with Crippen molar-refractivity contribution in [1.29, 1.82) is 0 Å². The lowest BCUT2D eigenvalue weighted by atomic mass is 10.1. The number of Topliss-reactive ketones (excluding diaryl/α,β-unsaturated/α-hetero) is 1. The molecule has 1 aliphatic carbocycles. The fourth-order valence-electron chi connectivity index (χ4n) is 5.36. The predicted octanol–water partition coefficient (Wildman–Crippen LogP) is 4.49. The lowest BCUT2D eigenvalue weighted by Crippen LogP contribution is -2.49. The van der Waals surface area contributed by atoms with Crippen molar-refractivity contribution in [2.24, 2.45) is 0 Å². The average Bonchev–Trinajstić information content (AvgIpc) is 3.58. The van der Waals surface area contributed by atoms with Crippen molar-refractivity contribution in [2.75, 3.05) is 37.6 Å². The number of carbonyl (C=O) groups excluding carboxylic acids is 1. The number of hydrogen-bond donors (Lipinski definition) is 0. The van der Waals surface area contributed by atoms with Gasteiger partial charge < -0.3 is 14.0 Å². The number of carbonyl (C=O) groups is 1. The molecule has 0 aromatic carbocycles. The summed E-state index contributed by atoms with van der Waals surface area (Å²) in [5.74, 6) is -1.69. The maximum Gasteiger partial charge on any atom is 0.401 e. The Morgan fingerprint density at radius 3 is 2.57 bits per heavy atom. The van der Waals surface area contributed by atoms with E-state index in [1.54, 1.807) is 0 Å². The highest BCUT2D eigenvalue weighted by Crippen LogP contribution is 2.42. The van der Waals surface area contributed by atoms with Gasteiger partial charge in [0.25, 0.3) is 0 Å². The molecule has 44 heavy (non-hydrogen) atoms. The molecule has 5 heterocycles. The minimum atomic E-state index is -4.24. The number of ketones is 1. The van der Waals surface area contributed by atoms with E-state index in [1.807, 2.05) is 16.8 Å². The summed E-state index contributed by atoms with van der Waals surface area (Å²) in [6.45, 7) is -2.45. The summed E-state index contributed by atoms with van der Waals surface area (Å²) >= 11 is 0. The van der Waals surface area contributed by atoms with Gasteiger partial charge in [-0.2, -0.15) is 22.0 Å². The number of anilines is 1. The molecular formula is C28H28F6N8O2. The summed E-state index contributed by atoms with van der Waals surface area (Å²) in [7, 11) is 0. The van der Waals surface area contributed by atoms with E-state index in [4.69, 9.17) is 4.98 Å². The molecule has 0 N–H and O–H groups in total. The van der Waals surface area contributed by atoms with Gasteiger partial charge in [-0.25, -0.2) is 14.1 Å². The molecule has 1 saturated carbocycles. The maximum absolute atomic E-state index is 14.4. The number of aryl methyl sites for hydroxylation is 1. The van der Waals surface area contributed by atoms with Crippen LogP contribution in [-0.4, -0.2) is 85.6 Å². The first kappa shape index (κ1) is 29.8. The van der Waals surface area contributed by atoms with Crippen LogP contribution in [0.3, 0.4) is 0 Å². The minimum absolute atomic E-state index is 0.0441. The molecule has 0 atom stereocenters. The Morgan fingerprint density at radius 2 is 1.86 bits per heavy atom. The smallest absolute Gasteiger partial charge is 0.401 e. The Bertz CT molecular complexity index is 1640. The van der Waals surface area contributed by atoms with Crippen LogP contribution in [-0.2, 0) is 13.0 Å². The van der Waals surface area contributed by atoms with Crippen LogP contribution >= 0.6 is 0 Å². The van der Waals surface area contributed by atoms with Crippen molar-refractivity contribution in [3.05, 3.63) is 65.4 Å². The van der Waals surface area contributed by atoms with E-state index >= 15 is 0 Å². The zero-order chi connectivity index (χ0) is 31.0. The van der Waals surface area contributed by atoms with Gasteiger partial charge in [-0.3, -0.25) is 14.7 Å². The third-order valence-corrected chi connectivity index (χ3v) is 7.65. The summed E-state index contributed by atoms with van der Waals surface area (Å²) in [4.78, 5) is 24.8. The molecule has 2 aliphatic rings. The normalized spacial score (nSPS) is 16.3. The van der Waals surface area contributed by atoms with Crippen LogP contribution in [0.25, 0.3) is 5.65 Å². The molecule has 1 aliphatic heterocycles. The predicted molar refractivity (Wildman–Crippen MR) is 144 cm³/mol. The zero-order valence-corrected chi connectivity index (χ0v) is 23.4. The van der Waals surface area contributed by atoms with E-state index in [0.29, 0.717) is 43.4 Å². The summed E-state index contributed by atoms with van der Waals surface area (Å²) in [6.07, 6.45) is 4.05. The van der Waals surface area contributed by atoms with Gasteiger partial charge in [-0.1, -0.05) is 5.21 Å². The van der Waals surface area contributed by atoms with E-state index in [1.165, 1.54) is 15.8 Å². The molecule has 0 bridgehead atoms. The lowest BCUT2D eigenvalue weighted by Gasteiger charge is -2.36. The molecule has 0 unspecified atom stereocenters. The number of imidazole rings is 1. The van der Waals surface area contributed by atoms with Gasteiger partial charge in [0.05, 0.1) is 36.4 Å². The number of piperazine rings is 1. The summed E-state index contributed by atoms with van der Waals surface area (Å²) < 4.78 is 85.5. The van der Waals surface area contributed by atoms with Gasteiger partial charge in [0.15, 0.2) is 23.0 Å². The molecule has 10 nitrogen and oxygen atoms in total. The first-order valence-electron chi connectivity index (χ1n) is 14.1. The Kier molecular flexibility index (Phi) is 8.18. The van der Waals surface area contributed by atoms with Crippen LogP contribution in [0, 0.1) is 5.82 Å². The number of rotatable bonds is 11. The van der Waals surface area contributed by atoms with E-state index in [0.717, 1.165) is 36.4 Å². The quantitative estimate of drug-likeness (QED) is 0.179. The molecule has 16 heteroatoms. The van der Waals surface area contributed by atoms with E-state index in [9.17, 15) is 31.1 Å². The lowest BCUT2D eigenvalue weighted by molar-refractivity contribution is -0.146. The van der Waals surface area contributed by atoms with Crippen LogP contribution in [0.15, 0.2) is 36.9 Å². The molecular weight excluding hydrogens is 594 g/mol. The van der Waals surface area contributed by atoms with E-state index < -0.39 is 36.7 Å². The molecule has 4 aromatic rings. The fraction of sp³-hybridized carbons (Fsp3) is 0.464. The van der Waals surface area contributed by atoms with Gasteiger partial charge in [-0.15, -0.1) is 5.10 Å². The number of ether oxygens (including phenoxy) is 1. The number of aromatic nitrogens is 6. The zero-order valence-electron chi connectivity index (χ0n) is 23.4. The number of nitrogens with zero attached hydrogens (tertiary/aromatic N) is 8. The topological polar surface area (TPSA) is 93.7 Å². The van der Waals surface area contributed by atoms with Crippen molar-refractivity contribution in [3.63, 3.8) is 0 Å². The van der Waals surface area contributed by atoms with Crippen LogP contribution in [0.2, 0.25) is 0 Å². The molecule has 0 radical (unpaired) electrons. The van der Waals surface area contributed by atoms with Crippen molar-refractivity contribution < 1.29 is 35.9 Å². The number of pyridine rings is 2. The minimum Gasteiger partial charge on any atom is -0.432 e. The summed E-state index contributed by atoms with van der Waals surface area (Å²) in [5.41, 5.74) is 3.20. The average molecular weight is 623 g/mol. The fourth-order valence-corrected chi connectivity index (χ4v) is 5.36. The second-order valence-corrected chi connectivity index (χ2v) is 10.9. The van der Waals surface area contributed by atoms with Crippen LogP contribution in [0.1, 0.15) is 52.6 Å². The molecule has 0 spiro atoms. The molecule has 234 valence electrons. The molecule has 2 fully saturated rings. The summed E-state index contributed by atoms with van der Waals surface area (Å²) in [6, 6.07) is 3.06. The van der Waals surface area contributed by atoms with Gasteiger partial charge >= 0.3 is 12.8 Å². The molecule has 4 aromatic heterocycles. The second kappa shape index (κ2) is 12.1. The van der Waals surface area contributed by atoms with Gasteiger partial charge in [0, 0.05) is 63.7 Å². The maximum atomic E-state index is 14.4. The standard InChI is InChI=1S/C28H28F6N8O2/c29-25-20(35-6-5-24(25)44-27(30)31)3-4-23(43)21-15-42(38-37-21)14-19-13-41-12-18(17-1-2-17)11-22(26(41)36-19)40-9-7-39(8-10-40)16-28(32,33)34/h5-6,11-13,15,17,27H,1-4,7-10,14,16H2. The van der Waals surface area contributed by atoms with Crippen LogP contribution in [0.4, 0.5) is 32.0 Å². The van der Waals surface area contributed by atoms with Crippen molar-refractivity contribution in [3.8, 4) is 5.75 Å². The van der Waals surface area contributed by atoms with E-state index in [-0.39, 0.29) is 30.8 Å². The number of halogens is 6. The Morgan fingerprint density at radius 1 is 1.09 bits per heavy atom. The highest BCUT2D eigenvalue weighted by Gasteiger charge is 2.33. The summed E-state index contributed by atoms with van der Waals surface area (Å²) in [5, 5.41) is 7.95. The van der Waals surface area contributed by atoms with Crippen molar-refractivity contribution in [2.45, 2.75) is 50.9 Å². The first-order valence-corrected chi connectivity index (χ1v) is 14.1. The van der Waals surface area contributed by atoms with Crippen LogP contribution in [0.5, 0.6) is 5.75 Å². The highest BCUT2D eigenvalue weighted by atomic mass is 19.4. The Labute approximate surface area is 247 Å². The Balaban J connectivity index is 1.14. The molecule has 6 rings (SSSR count). The highest BCUT2D eigenvalue weighted by molar-refractivity contribution is 5.93. The van der Waals surface area contributed by atoms with E-state index in [2.05, 4.69) is 31.0 Å². The number of alkyl halides is 5. The van der Waals surface area contributed by atoms with Crippen molar-refractivity contribution in [1.82, 2.24) is 34.3 Å². The van der Waals surface area contributed by atoms with Crippen molar-refractivity contribution >= 4 is 17.1 Å². The first-order chi connectivity index (χ1) is 21.0. The Hall–Kier alpha value is -4.21. The van der Waals surface area contributed by atoms with Gasteiger partial charge in [0.2, 0.25) is 0 Å². The molecule has 0 amide bonds. The monoisotopic (exact) mass is 622 g/mol. The molecule has 1 saturated heterocycles. The van der Waals surface area contributed by atoms with Gasteiger partial charge in [-0.05, 0) is 30.4 Å². The third kappa shape index (κ3) is 6.95. The van der Waals surface area contributed by atoms with Gasteiger partial charge in [0.1, 0.15) is 5.69 Å². The SMILES string of the molecule is O=C(CCc1nccc(OC(F)F)c1F)c1cn(Cc2cn3cc(C4CC4)cc(N4CCN(CC(F)(F)F)CC4)c3n2)nn1. The second-order valence-electron chi connectivity index (χ2n) is 10.9. The van der Waals surface area contributed by atoms with Crippen LogP contribution < -0.4 is 9.64 Å². The largest absolute Gasteiger partial charge is 0.432 e. The number of fused-ring (bicyclic) bond motifs is 1. The third-order valence-electron chi connectivity index (χ3n) is 7.65. The number of hydrogen-bond acceptors (Lipinski definition) is 8.